The normalized spacial score (nSPS) is 25.0. The predicted molar refractivity (Wildman–Crippen MR) is 91.1 cm³/mol. The molecular formula is C17H26N2O4S. The summed E-state index contributed by atoms with van der Waals surface area (Å²) in [6.45, 7) is 3.30. The van der Waals surface area contributed by atoms with Crippen LogP contribution in [0.4, 0.5) is 0 Å². The van der Waals surface area contributed by atoms with Gasteiger partial charge in [-0.3, -0.25) is 4.90 Å². The number of hydrogen-bond acceptors (Lipinski definition) is 5. The fourth-order valence-electron chi connectivity index (χ4n) is 3.63. The molecule has 134 valence electrons. The van der Waals surface area contributed by atoms with E-state index in [4.69, 9.17) is 4.74 Å². The Morgan fingerprint density at radius 1 is 1.29 bits per heavy atom. The van der Waals surface area contributed by atoms with Crippen molar-refractivity contribution in [2.45, 2.75) is 48.8 Å². The third-order valence-electron chi connectivity index (χ3n) is 5.23. The molecule has 1 spiro atoms. The van der Waals surface area contributed by atoms with Gasteiger partial charge in [0.15, 0.2) is 0 Å². The summed E-state index contributed by atoms with van der Waals surface area (Å²) in [5.41, 5.74) is 0.741. The summed E-state index contributed by atoms with van der Waals surface area (Å²) in [5.74, 6) is 0. The van der Waals surface area contributed by atoms with Crippen LogP contribution < -0.4 is 4.72 Å². The SMILES string of the molecule is CNS(=O)(=O)c1ccc(CN2CCC3(CC2)OCCCC3O)cc1. The monoisotopic (exact) mass is 354 g/mol. The van der Waals surface area contributed by atoms with E-state index in [1.54, 1.807) is 12.1 Å². The van der Waals surface area contributed by atoms with Crippen LogP contribution in [0.1, 0.15) is 31.2 Å². The second-order valence-electron chi connectivity index (χ2n) is 6.70. The molecule has 0 amide bonds. The molecule has 1 aromatic carbocycles. The number of benzene rings is 1. The van der Waals surface area contributed by atoms with E-state index in [-0.39, 0.29) is 16.6 Å². The number of nitrogens with one attached hydrogen (secondary N) is 1. The molecule has 1 atom stereocenters. The summed E-state index contributed by atoms with van der Waals surface area (Å²) in [6, 6.07) is 7.00. The van der Waals surface area contributed by atoms with Crippen LogP contribution in [0.2, 0.25) is 0 Å². The van der Waals surface area contributed by atoms with Crippen molar-refractivity contribution in [3.05, 3.63) is 29.8 Å². The van der Waals surface area contributed by atoms with Crippen molar-refractivity contribution in [3.8, 4) is 0 Å². The van der Waals surface area contributed by atoms with Gasteiger partial charge in [-0.1, -0.05) is 12.1 Å². The molecule has 2 aliphatic heterocycles. The summed E-state index contributed by atoms with van der Waals surface area (Å²) in [7, 11) is -1.97. The number of hydrogen-bond donors (Lipinski definition) is 2. The van der Waals surface area contributed by atoms with E-state index in [9.17, 15) is 13.5 Å². The molecule has 1 unspecified atom stereocenters. The summed E-state index contributed by atoms with van der Waals surface area (Å²) in [5, 5.41) is 10.3. The lowest BCUT2D eigenvalue weighted by Gasteiger charge is -2.46. The maximum absolute atomic E-state index is 11.7. The lowest BCUT2D eigenvalue weighted by Crippen LogP contribution is -2.55. The minimum absolute atomic E-state index is 0.282. The molecule has 0 aliphatic carbocycles. The molecule has 0 radical (unpaired) electrons. The Morgan fingerprint density at radius 2 is 1.96 bits per heavy atom. The van der Waals surface area contributed by atoms with Gasteiger partial charge >= 0.3 is 0 Å². The molecule has 2 saturated heterocycles. The first kappa shape index (κ1) is 17.8. The zero-order valence-corrected chi connectivity index (χ0v) is 14.9. The first-order valence-corrected chi connectivity index (χ1v) is 10.0. The number of ether oxygens (including phenoxy) is 1. The third kappa shape index (κ3) is 3.65. The highest BCUT2D eigenvalue weighted by Crippen LogP contribution is 2.35. The molecule has 6 nitrogen and oxygen atoms in total. The Balaban J connectivity index is 1.58. The van der Waals surface area contributed by atoms with Crippen molar-refractivity contribution in [2.24, 2.45) is 0 Å². The molecule has 2 heterocycles. The van der Waals surface area contributed by atoms with Gasteiger partial charge in [-0.25, -0.2) is 13.1 Å². The summed E-state index contributed by atoms with van der Waals surface area (Å²) in [4.78, 5) is 2.61. The quantitative estimate of drug-likeness (QED) is 0.847. The summed E-state index contributed by atoms with van der Waals surface area (Å²) in [6.07, 6.45) is 3.12. The van der Waals surface area contributed by atoms with E-state index in [2.05, 4.69) is 9.62 Å². The lowest BCUT2D eigenvalue weighted by atomic mass is 9.82. The zero-order valence-electron chi connectivity index (χ0n) is 14.1. The maximum atomic E-state index is 11.7. The van der Waals surface area contributed by atoms with Crippen molar-refractivity contribution in [3.63, 3.8) is 0 Å². The third-order valence-corrected chi connectivity index (χ3v) is 6.66. The van der Waals surface area contributed by atoms with Gasteiger partial charge in [0.05, 0.1) is 16.6 Å². The lowest BCUT2D eigenvalue weighted by molar-refractivity contribution is -0.177. The molecular weight excluding hydrogens is 328 g/mol. The number of nitrogens with zero attached hydrogens (tertiary/aromatic N) is 1. The van der Waals surface area contributed by atoms with Gasteiger partial charge in [-0.2, -0.15) is 0 Å². The molecule has 0 bridgehead atoms. The second-order valence-corrected chi connectivity index (χ2v) is 8.59. The Kier molecular flexibility index (Phi) is 5.27. The Labute approximate surface area is 143 Å². The van der Waals surface area contributed by atoms with Crippen molar-refractivity contribution >= 4 is 10.0 Å². The Morgan fingerprint density at radius 3 is 2.54 bits per heavy atom. The molecule has 2 aliphatic rings. The Hall–Kier alpha value is -0.990. The first-order chi connectivity index (χ1) is 11.5. The molecule has 24 heavy (non-hydrogen) atoms. The van der Waals surface area contributed by atoms with Crippen molar-refractivity contribution in [1.82, 2.24) is 9.62 Å². The second kappa shape index (κ2) is 7.09. The molecule has 0 saturated carbocycles. The fourth-order valence-corrected chi connectivity index (χ4v) is 4.36. The van der Waals surface area contributed by atoms with E-state index in [0.29, 0.717) is 0 Å². The van der Waals surface area contributed by atoms with Crippen molar-refractivity contribution < 1.29 is 18.3 Å². The standard InChI is InChI=1S/C17H26N2O4S/c1-18-24(21,22)15-6-4-14(5-7-15)13-19-10-8-17(9-11-19)16(20)3-2-12-23-17/h4-7,16,18,20H,2-3,8-13H2,1H3. The van der Waals surface area contributed by atoms with Gasteiger partial charge in [0, 0.05) is 26.2 Å². The van der Waals surface area contributed by atoms with Crippen LogP contribution in [0.5, 0.6) is 0 Å². The van der Waals surface area contributed by atoms with Crippen LogP contribution >= 0.6 is 0 Å². The highest BCUT2D eigenvalue weighted by Gasteiger charge is 2.43. The van der Waals surface area contributed by atoms with Gasteiger partial charge in [-0.15, -0.1) is 0 Å². The van der Waals surface area contributed by atoms with Crippen LogP contribution in [-0.2, 0) is 21.3 Å². The van der Waals surface area contributed by atoms with Gasteiger partial charge in [0.2, 0.25) is 10.0 Å². The van der Waals surface area contributed by atoms with E-state index < -0.39 is 10.0 Å². The largest absolute Gasteiger partial charge is 0.390 e. The predicted octanol–water partition coefficient (Wildman–Crippen LogP) is 1.10. The Bertz CT molecular complexity index is 652. The molecule has 1 aromatic rings. The van der Waals surface area contributed by atoms with Gasteiger partial charge in [-0.05, 0) is 50.4 Å². The van der Waals surface area contributed by atoms with Crippen molar-refractivity contribution in [1.29, 1.82) is 0 Å². The zero-order chi connectivity index (χ0) is 17.2. The van der Waals surface area contributed by atoms with Crippen molar-refractivity contribution in [2.75, 3.05) is 26.7 Å². The van der Waals surface area contributed by atoms with Gasteiger partial charge < -0.3 is 9.84 Å². The summed E-state index contributed by atoms with van der Waals surface area (Å²) < 4.78 is 31.7. The highest BCUT2D eigenvalue weighted by molar-refractivity contribution is 7.89. The minimum atomic E-state index is -3.38. The first-order valence-electron chi connectivity index (χ1n) is 8.52. The van der Waals surface area contributed by atoms with Crippen LogP contribution in [0.15, 0.2) is 29.2 Å². The number of rotatable bonds is 4. The number of aliphatic hydroxyl groups is 1. The number of likely N-dealkylation sites (tertiary alicyclic amines) is 1. The van der Waals surface area contributed by atoms with E-state index in [0.717, 1.165) is 57.5 Å². The maximum Gasteiger partial charge on any atom is 0.240 e. The average Bonchev–Trinajstić information content (AvgIpc) is 2.60. The fraction of sp³-hybridized carbons (Fsp3) is 0.647. The molecule has 2 fully saturated rings. The number of piperidine rings is 1. The average molecular weight is 354 g/mol. The van der Waals surface area contributed by atoms with Crippen LogP contribution in [0, 0.1) is 0 Å². The molecule has 7 heteroatoms. The molecule has 0 aromatic heterocycles. The molecule has 3 rings (SSSR count). The van der Waals surface area contributed by atoms with Crippen LogP contribution in [0.3, 0.4) is 0 Å². The summed E-state index contributed by atoms with van der Waals surface area (Å²) >= 11 is 0. The highest BCUT2D eigenvalue weighted by atomic mass is 32.2. The topological polar surface area (TPSA) is 78.9 Å². The van der Waals surface area contributed by atoms with Crippen LogP contribution in [-0.4, -0.2) is 56.9 Å². The van der Waals surface area contributed by atoms with Gasteiger partial charge in [0.1, 0.15) is 0 Å². The van der Waals surface area contributed by atoms with E-state index >= 15 is 0 Å². The molecule has 2 N–H and O–H groups in total. The van der Waals surface area contributed by atoms with E-state index in [1.165, 1.54) is 7.05 Å². The van der Waals surface area contributed by atoms with Crippen LogP contribution in [0.25, 0.3) is 0 Å². The smallest absolute Gasteiger partial charge is 0.240 e. The number of sulfonamides is 1. The minimum Gasteiger partial charge on any atom is -0.390 e. The van der Waals surface area contributed by atoms with Gasteiger partial charge in [0.25, 0.3) is 0 Å². The number of aliphatic hydroxyl groups excluding tert-OH is 1. The van der Waals surface area contributed by atoms with E-state index in [1.807, 2.05) is 12.1 Å².